The van der Waals surface area contributed by atoms with Crippen molar-refractivity contribution in [2.45, 2.75) is 40.3 Å². The van der Waals surface area contributed by atoms with Gasteiger partial charge in [0.15, 0.2) is 5.78 Å². The number of amides is 1. The van der Waals surface area contributed by atoms with Gasteiger partial charge in [0.1, 0.15) is 11.5 Å². The summed E-state index contributed by atoms with van der Waals surface area (Å²) < 4.78 is 12.3. The molecule has 7 nitrogen and oxygen atoms in total. The molecule has 0 aliphatic carbocycles. The number of ether oxygens (including phenoxy) is 1. The highest BCUT2D eigenvalue weighted by molar-refractivity contribution is 6.30. The largest absolute Gasteiger partial charge is 0.467 e. The van der Waals surface area contributed by atoms with Gasteiger partial charge in [-0.3, -0.25) is 9.59 Å². The Morgan fingerprint density at radius 2 is 1.82 bits per heavy atom. The van der Waals surface area contributed by atoms with Crippen molar-refractivity contribution in [2.24, 2.45) is 7.05 Å². The summed E-state index contributed by atoms with van der Waals surface area (Å²) in [5, 5.41) is 0.510. The van der Waals surface area contributed by atoms with Crippen LogP contribution in [0.25, 0.3) is 0 Å². The molecule has 0 radical (unpaired) electrons. The van der Waals surface area contributed by atoms with E-state index >= 15 is 0 Å². The number of ketones is 1. The molecule has 1 aromatic carbocycles. The quantitative estimate of drug-likeness (QED) is 0.342. The summed E-state index contributed by atoms with van der Waals surface area (Å²) in [5.74, 6) is -0.548. The van der Waals surface area contributed by atoms with Crippen molar-refractivity contribution in [3.8, 4) is 0 Å². The summed E-state index contributed by atoms with van der Waals surface area (Å²) in [5.41, 5.74) is 2.29. The third kappa shape index (κ3) is 4.88. The summed E-state index contributed by atoms with van der Waals surface area (Å²) in [6, 6.07) is 9.14. The molecule has 33 heavy (non-hydrogen) atoms. The predicted octanol–water partition coefficient (Wildman–Crippen LogP) is 4.98. The summed E-state index contributed by atoms with van der Waals surface area (Å²) in [6.07, 6.45) is 1.52. The lowest BCUT2D eigenvalue weighted by Crippen LogP contribution is -2.43. The highest BCUT2D eigenvalue weighted by Crippen LogP contribution is 2.26. The molecule has 0 spiro atoms. The van der Waals surface area contributed by atoms with Crippen molar-refractivity contribution >= 4 is 29.3 Å². The minimum Gasteiger partial charge on any atom is -0.467 e. The molecule has 8 heteroatoms. The van der Waals surface area contributed by atoms with Crippen LogP contribution in [0.2, 0.25) is 5.02 Å². The van der Waals surface area contributed by atoms with E-state index in [1.165, 1.54) is 11.2 Å². The zero-order valence-corrected chi connectivity index (χ0v) is 20.1. The Hall–Kier alpha value is -3.32. The van der Waals surface area contributed by atoms with Crippen LogP contribution in [0.3, 0.4) is 0 Å². The number of rotatable bonds is 8. The average Bonchev–Trinajstić information content (AvgIpc) is 3.37. The molecule has 0 aliphatic heterocycles. The van der Waals surface area contributed by atoms with E-state index in [0.717, 1.165) is 0 Å². The SMILES string of the molecule is CCOC(=O)c1c(C)c(C(=O)[C@@H](C)N(Cc2ccco2)C(=O)c2ccc(Cl)cc2)c(C)n1C. The van der Waals surface area contributed by atoms with Gasteiger partial charge in [0, 0.05) is 28.9 Å². The van der Waals surface area contributed by atoms with Crippen molar-refractivity contribution in [1.82, 2.24) is 9.47 Å². The van der Waals surface area contributed by atoms with Gasteiger partial charge in [-0.2, -0.15) is 0 Å². The number of carbonyl (C=O) groups excluding carboxylic acids is 3. The molecule has 0 N–H and O–H groups in total. The van der Waals surface area contributed by atoms with Gasteiger partial charge >= 0.3 is 5.97 Å². The zero-order chi connectivity index (χ0) is 24.3. The van der Waals surface area contributed by atoms with E-state index in [2.05, 4.69) is 0 Å². The normalized spacial score (nSPS) is 11.8. The molecule has 0 saturated carbocycles. The van der Waals surface area contributed by atoms with E-state index in [4.69, 9.17) is 20.8 Å². The van der Waals surface area contributed by atoms with Crippen LogP contribution in [0.1, 0.15) is 62.1 Å². The molecule has 0 fully saturated rings. The lowest BCUT2D eigenvalue weighted by atomic mass is 9.99. The molecule has 2 heterocycles. The second kappa shape index (κ2) is 10.1. The highest BCUT2D eigenvalue weighted by Gasteiger charge is 2.33. The van der Waals surface area contributed by atoms with Crippen LogP contribution in [0.5, 0.6) is 0 Å². The van der Waals surface area contributed by atoms with Crippen molar-refractivity contribution in [2.75, 3.05) is 6.61 Å². The molecule has 3 aromatic rings. The number of Topliss-reactive ketones (excluding diaryl/α,β-unsaturated/α-hetero) is 1. The van der Waals surface area contributed by atoms with Gasteiger partial charge < -0.3 is 18.6 Å². The van der Waals surface area contributed by atoms with Crippen LogP contribution in [0.15, 0.2) is 47.1 Å². The van der Waals surface area contributed by atoms with Gasteiger partial charge in [0.25, 0.3) is 5.91 Å². The first-order chi connectivity index (χ1) is 15.7. The van der Waals surface area contributed by atoms with Gasteiger partial charge in [-0.25, -0.2) is 4.79 Å². The Morgan fingerprint density at radius 1 is 1.15 bits per heavy atom. The van der Waals surface area contributed by atoms with E-state index < -0.39 is 12.0 Å². The first kappa shape index (κ1) is 24.3. The first-order valence-corrected chi connectivity index (χ1v) is 11.0. The van der Waals surface area contributed by atoms with Crippen LogP contribution >= 0.6 is 11.6 Å². The van der Waals surface area contributed by atoms with Crippen molar-refractivity contribution in [3.63, 3.8) is 0 Å². The van der Waals surface area contributed by atoms with E-state index in [9.17, 15) is 14.4 Å². The van der Waals surface area contributed by atoms with Crippen LogP contribution in [-0.2, 0) is 18.3 Å². The monoisotopic (exact) mass is 470 g/mol. The Bertz CT molecular complexity index is 1160. The number of esters is 1. The molecule has 1 amide bonds. The number of hydrogen-bond acceptors (Lipinski definition) is 5. The van der Waals surface area contributed by atoms with Crippen LogP contribution < -0.4 is 0 Å². The summed E-state index contributed by atoms with van der Waals surface area (Å²) in [4.78, 5) is 41.0. The van der Waals surface area contributed by atoms with Crippen LogP contribution in [0.4, 0.5) is 0 Å². The maximum Gasteiger partial charge on any atom is 0.355 e. The minimum atomic E-state index is -0.826. The number of halogens is 1. The van der Waals surface area contributed by atoms with Crippen molar-refractivity contribution in [1.29, 1.82) is 0 Å². The fraction of sp³-hybridized carbons (Fsp3) is 0.320. The fourth-order valence-corrected chi connectivity index (χ4v) is 4.02. The topological polar surface area (TPSA) is 81.8 Å². The van der Waals surface area contributed by atoms with E-state index in [0.29, 0.717) is 38.9 Å². The lowest BCUT2D eigenvalue weighted by Gasteiger charge is -2.28. The molecule has 2 aromatic heterocycles. The third-order valence-corrected chi connectivity index (χ3v) is 6.00. The molecular weight excluding hydrogens is 444 g/mol. The Balaban J connectivity index is 2.01. The third-order valence-electron chi connectivity index (χ3n) is 5.75. The molecule has 174 valence electrons. The molecule has 3 rings (SSSR count). The smallest absolute Gasteiger partial charge is 0.355 e. The van der Waals surface area contributed by atoms with Crippen molar-refractivity contribution in [3.05, 3.63) is 81.5 Å². The number of hydrogen-bond donors (Lipinski definition) is 0. The second-order valence-corrected chi connectivity index (χ2v) is 8.21. The van der Waals surface area contributed by atoms with Gasteiger partial charge in [-0.1, -0.05) is 11.6 Å². The molecular formula is C25H27ClN2O5. The molecule has 0 aliphatic rings. The number of carbonyl (C=O) groups is 3. The Morgan fingerprint density at radius 3 is 2.39 bits per heavy atom. The summed E-state index contributed by atoms with van der Waals surface area (Å²) in [7, 11) is 1.72. The van der Waals surface area contributed by atoms with Gasteiger partial charge in [-0.15, -0.1) is 0 Å². The summed E-state index contributed by atoms with van der Waals surface area (Å²) in [6.45, 7) is 7.23. The number of benzene rings is 1. The van der Waals surface area contributed by atoms with Crippen LogP contribution in [-0.4, -0.2) is 39.8 Å². The molecule has 1 atom stereocenters. The number of furan rings is 1. The summed E-state index contributed by atoms with van der Waals surface area (Å²) >= 11 is 5.97. The van der Waals surface area contributed by atoms with E-state index in [1.54, 1.807) is 75.7 Å². The maximum atomic E-state index is 13.7. The second-order valence-electron chi connectivity index (χ2n) is 7.77. The molecule has 0 saturated heterocycles. The van der Waals surface area contributed by atoms with Gasteiger partial charge in [0.05, 0.1) is 25.5 Å². The number of nitrogens with zero attached hydrogens (tertiary/aromatic N) is 2. The highest BCUT2D eigenvalue weighted by atomic mass is 35.5. The first-order valence-electron chi connectivity index (χ1n) is 10.6. The Kier molecular flexibility index (Phi) is 7.43. The predicted molar refractivity (Wildman–Crippen MR) is 125 cm³/mol. The van der Waals surface area contributed by atoms with E-state index in [-0.39, 0.29) is 24.8 Å². The van der Waals surface area contributed by atoms with E-state index in [1.807, 2.05) is 0 Å². The van der Waals surface area contributed by atoms with Crippen molar-refractivity contribution < 1.29 is 23.5 Å². The molecule has 0 bridgehead atoms. The zero-order valence-electron chi connectivity index (χ0n) is 19.3. The minimum absolute atomic E-state index is 0.108. The number of aromatic nitrogens is 1. The molecule has 0 unspecified atom stereocenters. The van der Waals surface area contributed by atoms with Gasteiger partial charge in [-0.05, 0) is 69.7 Å². The van der Waals surface area contributed by atoms with Crippen LogP contribution in [0, 0.1) is 13.8 Å². The maximum absolute atomic E-state index is 13.7. The standard InChI is InChI=1S/C25H27ClN2O5/c1-6-32-25(31)22-15(2)21(16(3)27(22)5)23(29)17(4)28(14-20-8-7-13-33-20)24(30)18-9-11-19(26)12-10-18/h7-13,17H,6,14H2,1-5H3/t17-/m1/s1. The average molecular weight is 471 g/mol. The Labute approximate surface area is 197 Å². The van der Waals surface area contributed by atoms with Gasteiger partial charge in [0.2, 0.25) is 0 Å². The fourth-order valence-electron chi connectivity index (χ4n) is 3.89. The lowest BCUT2D eigenvalue weighted by molar-refractivity contribution is 0.0513.